The van der Waals surface area contributed by atoms with Gasteiger partial charge in [-0.3, -0.25) is 0 Å². The van der Waals surface area contributed by atoms with Gasteiger partial charge < -0.3 is 29.4 Å². The number of alkyl carbamates (subject to hydrolysis) is 1. The first-order valence-electron chi connectivity index (χ1n) is 13.8. The van der Waals surface area contributed by atoms with Crippen LogP contribution in [0.2, 0.25) is 0 Å². The zero-order valence-corrected chi connectivity index (χ0v) is 24.4. The van der Waals surface area contributed by atoms with Crippen LogP contribution in [0.3, 0.4) is 0 Å². The van der Waals surface area contributed by atoms with Crippen LogP contribution in [0.5, 0.6) is 0 Å². The first-order valence-corrected chi connectivity index (χ1v) is 13.8. The molecule has 0 radical (unpaired) electrons. The molecule has 1 fully saturated rings. The lowest BCUT2D eigenvalue weighted by molar-refractivity contribution is 0.0496. The van der Waals surface area contributed by atoms with Gasteiger partial charge in [0.2, 0.25) is 5.95 Å². The molecule has 1 atom stereocenters. The normalized spacial score (nSPS) is 16.4. The number of carbonyl (C=O) groups excluding carboxylic acids is 2. The van der Waals surface area contributed by atoms with Gasteiger partial charge in [0, 0.05) is 36.3 Å². The molecule has 1 aliphatic heterocycles. The first kappa shape index (κ1) is 28.2. The van der Waals surface area contributed by atoms with Crippen molar-refractivity contribution in [3.05, 3.63) is 36.7 Å². The van der Waals surface area contributed by atoms with E-state index >= 15 is 0 Å². The van der Waals surface area contributed by atoms with Crippen molar-refractivity contribution in [2.24, 2.45) is 0 Å². The number of hydrogen-bond acceptors (Lipinski definition) is 10. The molecule has 5 rings (SSSR count). The second kappa shape index (κ2) is 10.9. The highest BCUT2D eigenvalue weighted by molar-refractivity contribution is 5.90. The van der Waals surface area contributed by atoms with Gasteiger partial charge in [-0.15, -0.1) is 0 Å². The van der Waals surface area contributed by atoms with Crippen LogP contribution in [0.1, 0.15) is 60.8 Å². The van der Waals surface area contributed by atoms with E-state index in [1.807, 2.05) is 59.7 Å². The van der Waals surface area contributed by atoms with E-state index in [-0.39, 0.29) is 6.04 Å². The molecule has 12 heteroatoms. The van der Waals surface area contributed by atoms with Crippen LogP contribution >= 0.6 is 0 Å². The number of fused-ring (bicyclic) bond motifs is 2. The fourth-order valence-corrected chi connectivity index (χ4v) is 4.72. The minimum Gasteiger partial charge on any atom is -0.459 e. The van der Waals surface area contributed by atoms with Crippen molar-refractivity contribution in [2.45, 2.75) is 78.0 Å². The van der Waals surface area contributed by atoms with Crippen LogP contribution < -0.4 is 15.5 Å². The van der Waals surface area contributed by atoms with Gasteiger partial charge in [0.1, 0.15) is 16.7 Å². The number of carbonyl (C=O) groups is 2. The molecule has 1 unspecified atom stereocenters. The maximum Gasteiger partial charge on any atom is 0.435 e. The Balaban J connectivity index is 1.35. The number of hydrogen-bond donors (Lipinski definition) is 2. The number of rotatable bonds is 4. The molecule has 41 heavy (non-hydrogen) atoms. The van der Waals surface area contributed by atoms with Crippen LogP contribution in [-0.2, 0) is 9.47 Å². The van der Waals surface area contributed by atoms with E-state index in [0.717, 1.165) is 31.2 Å². The second-order valence-electron chi connectivity index (χ2n) is 12.2. The summed E-state index contributed by atoms with van der Waals surface area (Å²) in [5.41, 5.74) is 1.38. The molecule has 1 aliphatic rings. The summed E-state index contributed by atoms with van der Waals surface area (Å²) in [4.78, 5) is 36.6. The van der Waals surface area contributed by atoms with Crippen molar-refractivity contribution in [1.29, 1.82) is 0 Å². The lowest BCUT2D eigenvalue weighted by Crippen LogP contribution is -2.39. The van der Waals surface area contributed by atoms with Crippen LogP contribution in [0, 0.1) is 0 Å². The van der Waals surface area contributed by atoms with Crippen LogP contribution in [-0.4, -0.2) is 62.3 Å². The monoisotopic (exact) mass is 563 g/mol. The van der Waals surface area contributed by atoms with Gasteiger partial charge in [0.05, 0.1) is 18.0 Å². The summed E-state index contributed by atoms with van der Waals surface area (Å²) in [5, 5.41) is 11.3. The summed E-state index contributed by atoms with van der Waals surface area (Å²) in [6.07, 6.45) is 4.70. The van der Waals surface area contributed by atoms with Gasteiger partial charge in [-0.1, -0.05) is 0 Å². The average molecular weight is 564 g/mol. The first-order chi connectivity index (χ1) is 19.3. The fourth-order valence-electron chi connectivity index (χ4n) is 4.72. The highest BCUT2D eigenvalue weighted by Crippen LogP contribution is 2.30. The molecule has 0 spiro atoms. The van der Waals surface area contributed by atoms with Crippen molar-refractivity contribution < 1.29 is 23.5 Å². The lowest BCUT2D eigenvalue weighted by Gasteiger charge is -2.24. The van der Waals surface area contributed by atoms with Crippen molar-refractivity contribution in [3.8, 4) is 0 Å². The van der Waals surface area contributed by atoms with E-state index in [1.54, 1.807) is 18.5 Å². The Morgan fingerprint density at radius 2 is 1.78 bits per heavy atom. The zero-order chi connectivity index (χ0) is 29.4. The van der Waals surface area contributed by atoms with Crippen molar-refractivity contribution in [2.75, 3.05) is 23.3 Å². The van der Waals surface area contributed by atoms with Crippen molar-refractivity contribution in [3.63, 3.8) is 0 Å². The predicted molar refractivity (Wildman–Crippen MR) is 156 cm³/mol. The van der Waals surface area contributed by atoms with Gasteiger partial charge in [0.15, 0.2) is 11.4 Å². The molecule has 0 aliphatic carbocycles. The molecule has 1 aromatic carbocycles. The van der Waals surface area contributed by atoms with E-state index in [4.69, 9.17) is 18.9 Å². The molecule has 4 heterocycles. The van der Waals surface area contributed by atoms with Gasteiger partial charge in [-0.2, -0.15) is 14.8 Å². The zero-order valence-electron chi connectivity index (χ0n) is 24.4. The highest BCUT2D eigenvalue weighted by atomic mass is 16.6. The largest absolute Gasteiger partial charge is 0.459 e. The molecule has 12 nitrogen and oxygen atoms in total. The van der Waals surface area contributed by atoms with E-state index in [2.05, 4.69) is 25.6 Å². The molecule has 218 valence electrons. The molecule has 0 saturated carbocycles. The van der Waals surface area contributed by atoms with Crippen molar-refractivity contribution in [1.82, 2.24) is 25.1 Å². The number of benzene rings is 1. The number of anilines is 3. The van der Waals surface area contributed by atoms with E-state index < -0.39 is 23.4 Å². The molecule has 2 N–H and O–H groups in total. The molecular formula is C29H37N7O5. The molecule has 1 saturated heterocycles. The van der Waals surface area contributed by atoms with Crippen LogP contribution in [0.25, 0.3) is 22.0 Å². The predicted octanol–water partition coefficient (Wildman–Crippen LogP) is 5.98. The summed E-state index contributed by atoms with van der Waals surface area (Å²) < 4.78 is 18.0. The Kier molecular flexibility index (Phi) is 7.50. The number of amides is 1. The van der Waals surface area contributed by atoms with Crippen LogP contribution in [0.15, 0.2) is 41.1 Å². The average Bonchev–Trinajstić information content (AvgIpc) is 3.43. The van der Waals surface area contributed by atoms with Gasteiger partial charge >= 0.3 is 12.2 Å². The Morgan fingerprint density at radius 1 is 1.00 bits per heavy atom. The van der Waals surface area contributed by atoms with Crippen LogP contribution in [0.4, 0.5) is 27.0 Å². The molecule has 1 amide bonds. The Hall–Kier alpha value is -4.35. The number of nitrogens with zero attached hydrogens (tertiary/aromatic N) is 5. The number of aromatic nitrogens is 4. The number of ether oxygens (including phenoxy) is 2. The smallest absolute Gasteiger partial charge is 0.435 e. The summed E-state index contributed by atoms with van der Waals surface area (Å²) in [5.74, 6) is 1.07. The SMILES string of the molecule is CC(C)(C)OC(=O)NC1CCCN(c2nc(Nc3ccc4cnn(C(=O)OC(C)(C)C)c4c3)nc3ccoc23)CC1. The third kappa shape index (κ3) is 6.87. The Labute approximate surface area is 238 Å². The minimum absolute atomic E-state index is 0.00271. The Morgan fingerprint density at radius 3 is 2.54 bits per heavy atom. The summed E-state index contributed by atoms with van der Waals surface area (Å²) in [6.45, 7) is 12.4. The van der Waals surface area contributed by atoms with Gasteiger partial charge in [-0.05, 0) is 79.0 Å². The third-order valence-corrected chi connectivity index (χ3v) is 6.43. The maximum absolute atomic E-state index is 12.7. The number of nitrogens with one attached hydrogen (secondary N) is 2. The van der Waals surface area contributed by atoms with E-state index in [1.165, 1.54) is 4.68 Å². The molecule has 4 aromatic rings. The van der Waals surface area contributed by atoms with E-state index in [9.17, 15) is 9.59 Å². The summed E-state index contributed by atoms with van der Waals surface area (Å²) in [7, 11) is 0. The quantitative estimate of drug-likeness (QED) is 0.305. The van der Waals surface area contributed by atoms with Crippen molar-refractivity contribution >= 4 is 51.6 Å². The van der Waals surface area contributed by atoms with Gasteiger partial charge in [0.25, 0.3) is 0 Å². The molecule has 3 aromatic heterocycles. The molecule has 0 bridgehead atoms. The fraction of sp³-hybridized carbons (Fsp3) is 0.483. The topological polar surface area (TPSA) is 137 Å². The Bertz CT molecular complexity index is 1560. The number of furan rings is 1. The summed E-state index contributed by atoms with van der Waals surface area (Å²) in [6, 6.07) is 7.37. The highest BCUT2D eigenvalue weighted by Gasteiger charge is 2.25. The summed E-state index contributed by atoms with van der Waals surface area (Å²) >= 11 is 0. The standard InChI is InChI=1S/C29H37N7O5/c1-28(2,3)40-26(37)32-19-8-7-13-35(14-11-19)24-23-21(12-15-39-23)33-25(34-24)31-20-10-9-18-17-30-36(22(18)16-20)27(38)41-29(4,5)6/h9-10,12,15-17,19H,7-8,11,13-14H2,1-6H3,(H,32,37)(H,31,33,34). The maximum atomic E-state index is 12.7. The lowest BCUT2D eigenvalue weighted by atomic mass is 10.1. The minimum atomic E-state index is -0.644. The van der Waals surface area contributed by atoms with Gasteiger partial charge in [-0.25, -0.2) is 14.6 Å². The van der Waals surface area contributed by atoms with E-state index in [0.29, 0.717) is 40.6 Å². The second-order valence-corrected chi connectivity index (χ2v) is 12.2. The molecular weight excluding hydrogens is 526 g/mol. The third-order valence-electron chi connectivity index (χ3n) is 6.43.